The van der Waals surface area contributed by atoms with E-state index in [0.29, 0.717) is 0 Å². The molecule has 1 aromatic carbocycles. The second-order valence-electron chi connectivity index (χ2n) is 3.68. The highest BCUT2D eigenvalue weighted by Gasteiger charge is 1.98. The van der Waals surface area contributed by atoms with E-state index in [1.54, 1.807) is 0 Å². The van der Waals surface area contributed by atoms with E-state index in [0.717, 1.165) is 14.2 Å². The van der Waals surface area contributed by atoms with Crippen molar-refractivity contribution in [3.05, 3.63) is 29.3 Å². The lowest BCUT2D eigenvalue weighted by atomic mass is 10.2. The molecule has 0 fully saturated rings. The average molecular weight is 217 g/mol. The minimum absolute atomic E-state index is 0. The molecule has 0 saturated carbocycles. The van der Waals surface area contributed by atoms with Crippen molar-refractivity contribution in [1.82, 2.24) is 0 Å². The number of halogens is 1. The van der Waals surface area contributed by atoms with Crippen LogP contribution in [0.3, 0.4) is 0 Å². The van der Waals surface area contributed by atoms with E-state index < -0.39 is 0 Å². The second kappa shape index (κ2) is 5.62. The van der Waals surface area contributed by atoms with Crippen LogP contribution in [0.1, 0.15) is 25.0 Å². The zero-order chi connectivity index (χ0) is 9.14. The summed E-state index contributed by atoms with van der Waals surface area (Å²) in [6.45, 7) is 8.88. The molecule has 0 N–H and O–H groups in total. The lowest BCUT2D eigenvalue weighted by Gasteiger charge is -2.07. The first-order valence-electron chi connectivity index (χ1n) is 4.43. The summed E-state index contributed by atoms with van der Waals surface area (Å²) in [7, 11) is 0.954. The highest BCUT2D eigenvalue weighted by molar-refractivity contribution is 7.47. The third-order valence-corrected chi connectivity index (χ3v) is 2.88. The Morgan fingerprint density at radius 2 is 1.46 bits per heavy atom. The SMILES string of the molecule is Cc1cc(C)cc(PC(C)C)c1.Cl. The van der Waals surface area contributed by atoms with Gasteiger partial charge in [-0.3, -0.25) is 0 Å². The van der Waals surface area contributed by atoms with Crippen LogP contribution in [0.25, 0.3) is 0 Å². The smallest absolute Gasteiger partial charge is 0.0253 e. The molecule has 0 bridgehead atoms. The zero-order valence-electron chi connectivity index (χ0n) is 8.72. The molecule has 0 amide bonds. The molecule has 0 aliphatic carbocycles. The van der Waals surface area contributed by atoms with Crippen molar-refractivity contribution in [2.45, 2.75) is 33.4 Å². The Labute approximate surface area is 89.3 Å². The van der Waals surface area contributed by atoms with E-state index in [4.69, 9.17) is 0 Å². The molecule has 74 valence electrons. The van der Waals surface area contributed by atoms with Crippen molar-refractivity contribution in [3.8, 4) is 0 Å². The van der Waals surface area contributed by atoms with E-state index in [2.05, 4.69) is 45.9 Å². The van der Waals surface area contributed by atoms with Gasteiger partial charge in [-0.15, -0.1) is 12.4 Å². The maximum Gasteiger partial charge on any atom is -0.0253 e. The summed E-state index contributed by atoms with van der Waals surface area (Å²) >= 11 is 0. The fourth-order valence-electron chi connectivity index (χ4n) is 1.39. The van der Waals surface area contributed by atoms with Crippen molar-refractivity contribution in [3.63, 3.8) is 0 Å². The Morgan fingerprint density at radius 3 is 1.85 bits per heavy atom. The molecule has 1 unspecified atom stereocenters. The third-order valence-electron chi connectivity index (χ3n) is 1.68. The Kier molecular flexibility index (Phi) is 5.60. The molecule has 0 saturated heterocycles. The van der Waals surface area contributed by atoms with Gasteiger partial charge in [-0.25, -0.2) is 0 Å². The fraction of sp³-hybridized carbons (Fsp3) is 0.455. The Bertz CT molecular complexity index is 249. The van der Waals surface area contributed by atoms with E-state index in [-0.39, 0.29) is 12.4 Å². The van der Waals surface area contributed by atoms with Crippen LogP contribution in [0.5, 0.6) is 0 Å². The minimum atomic E-state index is 0. The zero-order valence-corrected chi connectivity index (χ0v) is 10.5. The molecule has 0 aromatic heterocycles. The predicted molar refractivity (Wildman–Crippen MR) is 66.2 cm³/mol. The van der Waals surface area contributed by atoms with Gasteiger partial charge in [0.25, 0.3) is 0 Å². The monoisotopic (exact) mass is 216 g/mol. The first-order valence-corrected chi connectivity index (χ1v) is 5.50. The van der Waals surface area contributed by atoms with Gasteiger partial charge >= 0.3 is 0 Å². The molecule has 0 aliphatic rings. The van der Waals surface area contributed by atoms with Gasteiger partial charge in [-0.05, 0) is 24.8 Å². The predicted octanol–water partition coefficient (Wildman–Crippen LogP) is 3.44. The summed E-state index contributed by atoms with van der Waals surface area (Å²) < 4.78 is 0. The lowest BCUT2D eigenvalue weighted by molar-refractivity contribution is 1.11. The molecule has 1 rings (SSSR count). The van der Waals surface area contributed by atoms with Crippen LogP contribution in [-0.2, 0) is 0 Å². The van der Waals surface area contributed by atoms with Gasteiger partial charge < -0.3 is 0 Å². The Hall–Kier alpha value is -0.0600. The summed E-state index contributed by atoms with van der Waals surface area (Å²) in [6, 6.07) is 6.82. The van der Waals surface area contributed by atoms with Crippen molar-refractivity contribution in [2.24, 2.45) is 0 Å². The number of aryl methyl sites for hydroxylation is 2. The van der Waals surface area contributed by atoms with Gasteiger partial charge in [0.15, 0.2) is 0 Å². The highest BCUT2D eigenvalue weighted by atomic mass is 35.5. The van der Waals surface area contributed by atoms with Crippen LogP contribution in [0, 0.1) is 13.8 Å². The molecular formula is C11H18ClP. The van der Waals surface area contributed by atoms with Gasteiger partial charge in [0.05, 0.1) is 0 Å². The molecule has 1 aromatic rings. The van der Waals surface area contributed by atoms with Crippen molar-refractivity contribution < 1.29 is 0 Å². The minimum Gasteiger partial charge on any atom is -0.147 e. The topological polar surface area (TPSA) is 0 Å². The quantitative estimate of drug-likeness (QED) is 0.665. The molecule has 0 heterocycles. The Balaban J connectivity index is 0.00000144. The molecule has 1 atom stereocenters. The summed E-state index contributed by atoms with van der Waals surface area (Å²) in [4.78, 5) is 0. The van der Waals surface area contributed by atoms with Gasteiger partial charge in [-0.1, -0.05) is 51.8 Å². The van der Waals surface area contributed by atoms with Crippen molar-refractivity contribution >= 4 is 26.3 Å². The van der Waals surface area contributed by atoms with E-state index in [1.807, 2.05) is 0 Å². The van der Waals surface area contributed by atoms with Crippen molar-refractivity contribution in [2.75, 3.05) is 0 Å². The van der Waals surface area contributed by atoms with Crippen LogP contribution in [0.2, 0.25) is 0 Å². The van der Waals surface area contributed by atoms with Gasteiger partial charge in [0.1, 0.15) is 0 Å². The molecule has 13 heavy (non-hydrogen) atoms. The summed E-state index contributed by atoms with van der Waals surface area (Å²) in [5, 5.41) is 1.50. The van der Waals surface area contributed by atoms with Gasteiger partial charge in [-0.2, -0.15) is 0 Å². The standard InChI is InChI=1S/C11H17P.ClH/c1-8(2)12-11-6-9(3)5-10(4)7-11;/h5-8,12H,1-4H3;1H. The van der Waals surface area contributed by atoms with Gasteiger partial charge in [0, 0.05) is 0 Å². The number of hydrogen-bond donors (Lipinski definition) is 0. The van der Waals surface area contributed by atoms with E-state index in [1.165, 1.54) is 16.4 Å². The van der Waals surface area contributed by atoms with Crippen LogP contribution in [-0.4, -0.2) is 5.66 Å². The number of benzene rings is 1. The second-order valence-corrected chi connectivity index (χ2v) is 5.70. The normalized spacial score (nSPS) is 10.8. The van der Waals surface area contributed by atoms with Crippen LogP contribution < -0.4 is 5.30 Å². The molecular weight excluding hydrogens is 199 g/mol. The highest BCUT2D eigenvalue weighted by Crippen LogP contribution is 2.18. The largest absolute Gasteiger partial charge is 0.147 e. The van der Waals surface area contributed by atoms with E-state index in [9.17, 15) is 0 Å². The fourth-order valence-corrected chi connectivity index (χ4v) is 2.68. The van der Waals surface area contributed by atoms with Gasteiger partial charge in [0.2, 0.25) is 0 Å². The van der Waals surface area contributed by atoms with Crippen LogP contribution in [0.15, 0.2) is 18.2 Å². The van der Waals surface area contributed by atoms with Crippen LogP contribution >= 0.6 is 21.0 Å². The van der Waals surface area contributed by atoms with Crippen molar-refractivity contribution in [1.29, 1.82) is 0 Å². The summed E-state index contributed by atoms with van der Waals surface area (Å²) in [5.74, 6) is 0. The third kappa shape index (κ3) is 4.64. The first-order chi connectivity index (χ1) is 5.58. The number of rotatable bonds is 2. The first kappa shape index (κ1) is 12.9. The molecule has 0 aliphatic heterocycles. The maximum atomic E-state index is 2.30. The van der Waals surface area contributed by atoms with Crippen LogP contribution in [0.4, 0.5) is 0 Å². The number of hydrogen-bond acceptors (Lipinski definition) is 0. The van der Waals surface area contributed by atoms with E-state index >= 15 is 0 Å². The molecule has 0 nitrogen and oxygen atoms in total. The maximum absolute atomic E-state index is 2.30. The lowest BCUT2D eigenvalue weighted by Crippen LogP contribution is -2.00. The average Bonchev–Trinajstić information content (AvgIpc) is 1.81. The Morgan fingerprint density at radius 1 is 1.00 bits per heavy atom. The summed E-state index contributed by atoms with van der Waals surface area (Å²) in [6.07, 6.45) is 0. The molecule has 0 spiro atoms. The molecule has 0 radical (unpaired) electrons. The summed E-state index contributed by atoms with van der Waals surface area (Å²) in [5.41, 5.74) is 3.56. The molecule has 2 heteroatoms.